The van der Waals surface area contributed by atoms with Crippen LogP contribution in [0.15, 0.2) is 4.52 Å². The summed E-state index contributed by atoms with van der Waals surface area (Å²) in [6.45, 7) is 5.22. The van der Waals surface area contributed by atoms with Gasteiger partial charge < -0.3 is 14.7 Å². The van der Waals surface area contributed by atoms with E-state index in [0.717, 1.165) is 0 Å². The molecule has 0 unspecified atom stereocenters. The molecule has 0 bridgehead atoms. The van der Waals surface area contributed by atoms with Crippen molar-refractivity contribution in [2.45, 2.75) is 32.9 Å². The van der Waals surface area contributed by atoms with Crippen LogP contribution in [-0.4, -0.2) is 38.9 Å². The molecule has 0 saturated carbocycles. The first-order valence-corrected chi connectivity index (χ1v) is 5.28. The lowest BCUT2D eigenvalue weighted by atomic mass is 10.0. The second-order valence-electron chi connectivity index (χ2n) is 4.56. The number of hydrogen-bond donors (Lipinski definition) is 1. The highest BCUT2D eigenvalue weighted by molar-refractivity contribution is 5.97. The van der Waals surface area contributed by atoms with Crippen LogP contribution in [0.1, 0.15) is 25.6 Å². The van der Waals surface area contributed by atoms with E-state index in [0.29, 0.717) is 11.7 Å². The average Bonchev–Trinajstić information content (AvgIpc) is 2.59. The molecule has 7 nitrogen and oxygen atoms in total. The molecular formula is C10H14N4O3. The second-order valence-corrected chi connectivity index (χ2v) is 4.56. The Labute approximate surface area is 98.2 Å². The largest absolute Gasteiger partial charge is 0.341 e. The Morgan fingerprint density at radius 2 is 2.18 bits per heavy atom. The van der Waals surface area contributed by atoms with Gasteiger partial charge in [0.1, 0.15) is 12.1 Å². The topological polar surface area (TPSA) is 88.3 Å². The molecule has 1 N–H and O–H groups in total. The van der Waals surface area contributed by atoms with Gasteiger partial charge in [0, 0.05) is 6.92 Å². The molecule has 1 saturated heterocycles. The van der Waals surface area contributed by atoms with Crippen molar-refractivity contribution in [3.63, 3.8) is 0 Å². The zero-order valence-corrected chi connectivity index (χ0v) is 9.98. The Bertz CT molecular complexity index is 466. The fraction of sp³-hybridized carbons (Fsp3) is 0.600. The number of nitrogens with zero attached hydrogens (tertiary/aromatic N) is 3. The molecule has 92 valence electrons. The fourth-order valence-electron chi connectivity index (χ4n) is 1.79. The second kappa shape index (κ2) is 3.83. The first-order chi connectivity index (χ1) is 7.88. The van der Waals surface area contributed by atoms with Crippen LogP contribution in [0, 0.1) is 6.92 Å². The Morgan fingerprint density at radius 3 is 2.76 bits per heavy atom. The van der Waals surface area contributed by atoms with Gasteiger partial charge >= 0.3 is 0 Å². The van der Waals surface area contributed by atoms with Crippen LogP contribution in [0.2, 0.25) is 0 Å². The molecule has 2 rings (SSSR count). The molecule has 2 amide bonds. The van der Waals surface area contributed by atoms with Gasteiger partial charge in [-0.1, -0.05) is 5.16 Å². The van der Waals surface area contributed by atoms with Crippen molar-refractivity contribution in [2.24, 2.45) is 0 Å². The molecule has 2 heterocycles. The highest BCUT2D eigenvalue weighted by atomic mass is 16.5. The third kappa shape index (κ3) is 2.27. The average molecular weight is 238 g/mol. The molecule has 1 aromatic rings. The van der Waals surface area contributed by atoms with Gasteiger partial charge in [0.2, 0.25) is 17.7 Å². The lowest BCUT2D eigenvalue weighted by Crippen LogP contribution is -2.63. The molecule has 17 heavy (non-hydrogen) atoms. The van der Waals surface area contributed by atoms with Crippen molar-refractivity contribution in [3.05, 3.63) is 11.7 Å². The van der Waals surface area contributed by atoms with Crippen molar-refractivity contribution in [1.29, 1.82) is 0 Å². The van der Waals surface area contributed by atoms with E-state index in [9.17, 15) is 9.59 Å². The zero-order valence-electron chi connectivity index (χ0n) is 9.98. The first-order valence-electron chi connectivity index (χ1n) is 5.28. The van der Waals surface area contributed by atoms with E-state index in [1.807, 2.05) is 0 Å². The maximum atomic E-state index is 12.0. The van der Waals surface area contributed by atoms with E-state index in [2.05, 4.69) is 15.5 Å². The number of nitrogens with one attached hydrogen (secondary N) is 1. The maximum Gasteiger partial charge on any atom is 0.248 e. The summed E-state index contributed by atoms with van der Waals surface area (Å²) in [5.74, 6) is 0.504. The lowest BCUT2D eigenvalue weighted by molar-refractivity contribution is -0.149. The van der Waals surface area contributed by atoms with Gasteiger partial charge in [0.15, 0.2) is 5.82 Å². The fourth-order valence-corrected chi connectivity index (χ4v) is 1.79. The van der Waals surface area contributed by atoms with Gasteiger partial charge in [-0.25, -0.2) is 0 Å². The standard InChI is InChI=1S/C10H14N4O3/c1-6-11-7(13-17-6)4-14-5-8(15)12-10(2,3)9(14)16/h4-5H2,1-3H3,(H,12,15). The summed E-state index contributed by atoms with van der Waals surface area (Å²) in [5.41, 5.74) is -0.881. The molecule has 0 aliphatic carbocycles. The number of aromatic nitrogens is 2. The molecule has 0 spiro atoms. The van der Waals surface area contributed by atoms with Crippen LogP contribution in [0.5, 0.6) is 0 Å². The van der Waals surface area contributed by atoms with Crippen molar-refractivity contribution in [3.8, 4) is 0 Å². The highest BCUT2D eigenvalue weighted by Crippen LogP contribution is 2.15. The third-order valence-corrected chi connectivity index (χ3v) is 2.51. The molecule has 1 fully saturated rings. The molecule has 1 aliphatic rings. The Balaban J connectivity index is 2.15. The zero-order chi connectivity index (χ0) is 12.6. The molecule has 7 heteroatoms. The van der Waals surface area contributed by atoms with Gasteiger partial charge in [-0.05, 0) is 13.8 Å². The van der Waals surface area contributed by atoms with Gasteiger partial charge in [-0.3, -0.25) is 9.59 Å². The molecule has 0 atom stereocenters. The Hall–Kier alpha value is -1.92. The molecule has 1 aromatic heterocycles. The number of aryl methyl sites for hydroxylation is 1. The van der Waals surface area contributed by atoms with E-state index < -0.39 is 5.54 Å². The van der Waals surface area contributed by atoms with Crippen molar-refractivity contribution < 1.29 is 14.1 Å². The summed E-state index contributed by atoms with van der Waals surface area (Å²) in [5, 5.41) is 6.34. The van der Waals surface area contributed by atoms with E-state index in [4.69, 9.17) is 4.52 Å². The van der Waals surface area contributed by atoms with E-state index >= 15 is 0 Å². The smallest absolute Gasteiger partial charge is 0.248 e. The van der Waals surface area contributed by atoms with Crippen LogP contribution in [0.25, 0.3) is 0 Å². The normalized spacial score (nSPS) is 19.4. The SMILES string of the molecule is Cc1nc(CN2CC(=O)NC(C)(C)C2=O)no1. The van der Waals surface area contributed by atoms with E-state index in [1.165, 1.54) is 4.90 Å². The van der Waals surface area contributed by atoms with Crippen LogP contribution in [0.3, 0.4) is 0 Å². The van der Waals surface area contributed by atoms with Crippen LogP contribution >= 0.6 is 0 Å². The summed E-state index contributed by atoms with van der Waals surface area (Å²) in [7, 11) is 0. The minimum absolute atomic E-state index is 0.0237. The number of amides is 2. The van der Waals surface area contributed by atoms with Crippen molar-refractivity contribution in [2.75, 3.05) is 6.54 Å². The quantitative estimate of drug-likeness (QED) is 0.758. The monoisotopic (exact) mass is 238 g/mol. The van der Waals surface area contributed by atoms with Gasteiger partial charge in [0.05, 0.1) is 6.54 Å². The summed E-state index contributed by atoms with van der Waals surface area (Å²) >= 11 is 0. The number of carbonyl (C=O) groups excluding carboxylic acids is 2. The lowest BCUT2D eigenvalue weighted by Gasteiger charge is -2.36. The summed E-state index contributed by atoms with van der Waals surface area (Å²) in [6, 6.07) is 0. The predicted octanol–water partition coefficient (Wildman–Crippen LogP) is -0.385. The minimum Gasteiger partial charge on any atom is -0.341 e. The first kappa shape index (κ1) is 11.6. The Kier molecular flexibility index (Phi) is 2.60. The van der Waals surface area contributed by atoms with Crippen LogP contribution < -0.4 is 5.32 Å². The Morgan fingerprint density at radius 1 is 1.47 bits per heavy atom. The molecule has 1 aliphatic heterocycles. The van der Waals surface area contributed by atoms with Crippen LogP contribution in [0.4, 0.5) is 0 Å². The number of hydrogen-bond acceptors (Lipinski definition) is 5. The molecule has 0 radical (unpaired) electrons. The summed E-state index contributed by atoms with van der Waals surface area (Å²) in [4.78, 5) is 28.9. The molecular weight excluding hydrogens is 224 g/mol. The number of carbonyl (C=O) groups is 2. The van der Waals surface area contributed by atoms with Gasteiger partial charge in [-0.15, -0.1) is 0 Å². The molecule has 0 aromatic carbocycles. The third-order valence-electron chi connectivity index (χ3n) is 2.51. The predicted molar refractivity (Wildman–Crippen MR) is 56.7 cm³/mol. The maximum absolute atomic E-state index is 12.0. The van der Waals surface area contributed by atoms with Gasteiger partial charge in [-0.2, -0.15) is 4.98 Å². The van der Waals surface area contributed by atoms with E-state index in [-0.39, 0.29) is 24.9 Å². The minimum atomic E-state index is -0.881. The summed E-state index contributed by atoms with van der Waals surface area (Å²) < 4.78 is 4.82. The summed E-state index contributed by atoms with van der Waals surface area (Å²) in [6.07, 6.45) is 0. The number of piperazine rings is 1. The number of rotatable bonds is 2. The van der Waals surface area contributed by atoms with Crippen molar-refractivity contribution >= 4 is 11.8 Å². The highest BCUT2D eigenvalue weighted by Gasteiger charge is 2.39. The van der Waals surface area contributed by atoms with Crippen molar-refractivity contribution in [1.82, 2.24) is 20.4 Å². The van der Waals surface area contributed by atoms with Crippen LogP contribution in [-0.2, 0) is 16.1 Å². The van der Waals surface area contributed by atoms with E-state index in [1.54, 1.807) is 20.8 Å². The van der Waals surface area contributed by atoms with Gasteiger partial charge in [0.25, 0.3) is 0 Å².